The molecule has 0 saturated heterocycles. The summed E-state index contributed by atoms with van der Waals surface area (Å²) in [6, 6.07) is 0.335. The lowest BCUT2D eigenvalue weighted by atomic mass is 9.78. The SMILES string of the molecule is COC(CN)CC(=O)NC1CCCCC1C(C)C. The Labute approximate surface area is 111 Å². The Morgan fingerprint density at radius 1 is 1.39 bits per heavy atom. The Morgan fingerprint density at radius 2 is 2.06 bits per heavy atom. The van der Waals surface area contributed by atoms with E-state index in [0.29, 0.717) is 30.8 Å². The van der Waals surface area contributed by atoms with Crippen LogP contribution in [-0.2, 0) is 9.53 Å². The molecule has 106 valence electrons. The zero-order valence-corrected chi connectivity index (χ0v) is 11.9. The van der Waals surface area contributed by atoms with E-state index in [9.17, 15) is 4.79 Å². The molecule has 0 aromatic rings. The van der Waals surface area contributed by atoms with Gasteiger partial charge < -0.3 is 15.8 Å². The molecule has 1 aliphatic rings. The molecule has 4 nitrogen and oxygen atoms in total. The van der Waals surface area contributed by atoms with Crippen molar-refractivity contribution in [3.05, 3.63) is 0 Å². The Kier molecular flexibility index (Phi) is 6.65. The lowest BCUT2D eigenvalue weighted by Crippen LogP contribution is -2.45. The highest BCUT2D eigenvalue weighted by Crippen LogP contribution is 2.30. The van der Waals surface area contributed by atoms with E-state index < -0.39 is 0 Å². The van der Waals surface area contributed by atoms with Crippen molar-refractivity contribution in [1.29, 1.82) is 0 Å². The molecule has 4 heteroatoms. The molecule has 3 unspecified atom stereocenters. The average molecular weight is 256 g/mol. The molecule has 1 fully saturated rings. The summed E-state index contributed by atoms with van der Waals surface area (Å²) < 4.78 is 5.15. The van der Waals surface area contributed by atoms with Crippen molar-refractivity contribution in [1.82, 2.24) is 5.32 Å². The van der Waals surface area contributed by atoms with Crippen LogP contribution in [0.15, 0.2) is 0 Å². The van der Waals surface area contributed by atoms with Crippen LogP contribution in [0.2, 0.25) is 0 Å². The molecule has 0 aromatic carbocycles. The molecule has 0 aromatic heterocycles. The first-order valence-electron chi connectivity index (χ1n) is 7.10. The summed E-state index contributed by atoms with van der Waals surface area (Å²) in [6.07, 6.45) is 5.06. The molecule has 1 rings (SSSR count). The largest absolute Gasteiger partial charge is 0.380 e. The Balaban J connectivity index is 2.45. The lowest BCUT2D eigenvalue weighted by Gasteiger charge is -2.35. The van der Waals surface area contributed by atoms with E-state index in [0.717, 1.165) is 6.42 Å². The van der Waals surface area contributed by atoms with E-state index >= 15 is 0 Å². The molecule has 0 radical (unpaired) electrons. The fourth-order valence-electron chi connectivity index (χ4n) is 2.87. The molecular weight excluding hydrogens is 228 g/mol. The second kappa shape index (κ2) is 7.74. The highest BCUT2D eigenvalue weighted by Gasteiger charge is 2.28. The molecular formula is C14H28N2O2. The van der Waals surface area contributed by atoms with Gasteiger partial charge in [-0.1, -0.05) is 26.7 Å². The predicted octanol–water partition coefficient (Wildman–Crippen LogP) is 1.68. The molecule has 0 aliphatic heterocycles. The summed E-state index contributed by atoms with van der Waals surface area (Å²) in [6.45, 7) is 4.88. The first-order chi connectivity index (χ1) is 8.58. The summed E-state index contributed by atoms with van der Waals surface area (Å²) in [4.78, 5) is 12.0. The zero-order valence-electron chi connectivity index (χ0n) is 11.9. The van der Waals surface area contributed by atoms with E-state index in [-0.39, 0.29) is 12.0 Å². The average Bonchev–Trinajstić information content (AvgIpc) is 2.36. The van der Waals surface area contributed by atoms with Crippen LogP contribution in [0.4, 0.5) is 0 Å². The summed E-state index contributed by atoms with van der Waals surface area (Å²) in [5.41, 5.74) is 5.54. The number of nitrogens with one attached hydrogen (secondary N) is 1. The second-order valence-electron chi connectivity index (χ2n) is 5.66. The van der Waals surface area contributed by atoms with Crippen molar-refractivity contribution in [2.24, 2.45) is 17.6 Å². The molecule has 0 bridgehead atoms. The van der Waals surface area contributed by atoms with Gasteiger partial charge >= 0.3 is 0 Å². The molecule has 3 atom stereocenters. The van der Waals surface area contributed by atoms with Gasteiger partial charge in [0.25, 0.3) is 0 Å². The zero-order chi connectivity index (χ0) is 13.5. The number of hydrogen-bond acceptors (Lipinski definition) is 3. The van der Waals surface area contributed by atoms with Gasteiger partial charge in [-0.2, -0.15) is 0 Å². The first kappa shape index (κ1) is 15.4. The fourth-order valence-corrected chi connectivity index (χ4v) is 2.87. The fraction of sp³-hybridized carbons (Fsp3) is 0.929. The molecule has 0 heterocycles. The quantitative estimate of drug-likeness (QED) is 0.760. The lowest BCUT2D eigenvalue weighted by molar-refractivity contribution is -0.124. The van der Waals surface area contributed by atoms with E-state index in [1.165, 1.54) is 19.3 Å². The Bertz CT molecular complexity index is 252. The Morgan fingerprint density at radius 3 is 2.61 bits per heavy atom. The molecule has 3 N–H and O–H groups in total. The maximum atomic E-state index is 12.0. The van der Waals surface area contributed by atoms with Crippen LogP contribution in [0.25, 0.3) is 0 Å². The van der Waals surface area contributed by atoms with Crippen LogP contribution in [0, 0.1) is 11.8 Å². The van der Waals surface area contributed by atoms with Gasteiger partial charge in [0.15, 0.2) is 0 Å². The number of rotatable bonds is 6. The highest BCUT2D eigenvalue weighted by molar-refractivity contribution is 5.76. The van der Waals surface area contributed by atoms with Crippen LogP contribution < -0.4 is 11.1 Å². The Hall–Kier alpha value is -0.610. The van der Waals surface area contributed by atoms with E-state index in [4.69, 9.17) is 10.5 Å². The molecule has 0 spiro atoms. The predicted molar refractivity (Wildman–Crippen MR) is 73.2 cm³/mol. The first-order valence-corrected chi connectivity index (χ1v) is 7.10. The molecule has 1 amide bonds. The highest BCUT2D eigenvalue weighted by atomic mass is 16.5. The van der Waals surface area contributed by atoms with Crippen molar-refractivity contribution >= 4 is 5.91 Å². The van der Waals surface area contributed by atoms with E-state index in [2.05, 4.69) is 19.2 Å². The topological polar surface area (TPSA) is 64.3 Å². The van der Waals surface area contributed by atoms with Gasteiger partial charge in [0.2, 0.25) is 5.91 Å². The van der Waals surface area contributed by atoms with Crippen molar-refractivity contribution in [2.45, 2.75) is 58.1 Å². The molecule has 18 heavy (non-hydrogen) atoms. The van der Waals surface area contributed by atoms with Gasteiger partial charge in [-0.25, -0.2) is 0 Å². The summed E-state index contributed by atoms with van der Waals surface area (Å²) in [5, 5.41) is 3.17. The third-order valence-corrected chi connectivity index (χ3v) is 4.03. The minimum Gasteiger partial charge on any atom is -0.380 e. The minimum absolute atomic E-state index is 0.0739. The number of amides is 1. The van der Waals surface area contributed by atoms with Gasteiger partial charge in [0.1, 0.15) is 0 Å². The summed E-state index contributed by atoms with van der Waals surface area (Å²) in [7, 11) is 1.60. The van der Waals surface area contributed by atoms with Gasteiger partial charge in [0.05, 0.1) is 12.5 Å². The molecule has 1 aliphatic carbocycles. The van der Waals surface area contributed by atoms with Crippen molar-refractivity contribution in [3.8, 4) is 0 Å². The minimum atomic E-state index is -0.161. The van der Waals surface area contributed by atoms with Crippen LogP contribution in [0.3, 0.4) is 0 Å². The number of carbonyl (C=O) groups excluding carboxylic acids is 1. The van der Waals surface area contributed by atoms with Crippen LogP contribution in [0.1, 0.15) is 46.0 Å². The van der Waals surface area contributed by atoms with Crippen molar-refractivity contribution in [3.63, 3.8) is 0 Å². The normalized spacial score (nSPS) is 26.1. The van der Waals surface area contributed by atoms with Crippen LogP contribution >= 0.6 is 0 Å². The van der Waals surface area contributed by atoms with E-state index in [1.807, 2.05) is 0 Å². The number of ether oxygens (including phenoxy) is 1. The van der Waals surface area contributed by atoms with Gasteiger partial charge in [-0.3, -0.25) is 4.79 Å². The summed E-state index contributed by atoms with van der Waals surface area (Å²) in [5.74, 6) is 1.31. The van der Waals surface area contributed by atoms with Gasteiger partial charge in [-0.05, 0) is 24.7 Å². The van der Waals surface area contributed by atoms with Gasteiger partial charge in [-0.15, -0.1) is 0 Å². The van der Waals surface area contributed by atoms with Crippen LogP contribution in [0.5, 0.6) is 0 Å². The standard InChI is InChI=1S/C14H28N2O2/c1-10(2)12-6-4-5-7-13(12)16-14(17)8-11(9-15)18-3/h10-13H,4-9,15H2,1-3H3,(H,16,17). The van der Waals surface area contributed by atoms with Crippen molar-refractivity contribution < 1.29 is 9.53 Å². The smallest absolute Gasteiger partial charge is 0.222 e. The third kappa shape index (κ3) is 4.58. The summed E-state index contributed by atoms with van der Waals surface area (Å²) >= 11 is 0. The molecule has 1 saturated carbocycles. The number of methoxy groups -OCH3 is 1. The van der Waals surface area contributed by atoms with Crippen molar-refractivity contribution in [2.75, 3.05) is 13.7 Å². The van der Waals surface area contributed by atoms with Crippen LogP contribution in [-0.4, -0.2) is 31.7 Å². The number of carbonyl (C=O) groups is 1. The maximum Gasteiger partial charge on any atom is 0.222 e. The second-order valence-corrected chi connectivity index (χ2v) is 5.66. The number of hydrogen-bond donors (Lipinski definition) is 2. The maximum absolute atomic E-state index is 12.0. The number of nitrogens with two attached hydrogens (primary N) is 1. The third-order valence-electron chi connectivity index (χ3n) is 4.03. The van der Waals surface area contributed by atoms with E-state index in [1.54, 1.807) is 7.11 Å². The van der Waals surface area contributed by atoms with Gasteiger partial charge in [0, 0.05) is 19.7 Å². The monoisotopic (exact) mass is 256 g/mol.